The summed E-state index contributed by atoms with van der Waals surface area (Å²) in [6, 6.07) is 3.20. The molecule has 2 aromatic heterocycles. The Hall–Kier alpha value is -2.17. The summed E-state index contributed by atoms with van der Waals surface area (Å²) in [5, 5.41) is 0.676. The van der Waals surface area contributed by atoms with Crippen LogP contribution in [0.1, 0.15) is 20.8 Å². The van der Waals surface area contributed by atoms with Crippen molar-refractivity contribution in [2.45, 2.75) is 0 Å². The van der Waals surface area contributed by atoms with Crippen molar-refractivity contribution in [1.29, 1.82) is 0 Å². The van der Waals surface area contributed by atoms with E-state index in [9.17, 15) is 9.59 Å². The first kappa shape index (κ1) is 7.25. The number of rotatable bonds is 0. The molecule has 1 aliphatic rings. The number of hydrogen-bond donors (Lipinski definition) is 0. The number of nitrogens with zero attached hydrogens (tertiary/aromatic N) is 1. The van der Waals surface area contributed by atoms with Crippen LogP contribution < -0.4 is 0 Å². The summed E-state index contributed by atoms with van der Waals surface area (Å²) in [6.07, 6.45) is 1.45. The molecule has 1 aliphatic heterocycles. The van der Waals surface area contributed by atoms with Crippen LogP contribution in [0.25, 0.3) is 11.1 Å². The lowest BCUT2D eigenvalue weighted by Gasteiger charge is -1.90. The van der Waals surface area contributed by atoms with Gasteiger partial charge in [0, 0.05) is 5.39 Å². The standard InChI is InChI=1S/C9H3NO4/c11-8-5-3-4-1-2-13-7(4)10-6(5)9(12)14-8/h1-3H. The minimum absolute atomic E-state index is 0.0254. The van der Waals surface area contributed by atoms with Crippen LogP contribution in [0.3, 0.4) is 0 Å². The lowest BCUT2D eigenvalue weighted by Crippen LogP contribution is -1.97. The van der Waals surface area contributed by atoms with Crippen LogP contribution in [-0.4, -0.2) is 16.9 Å². The highest BCUT2D eigenvalue weighted by Gasteiger charge is 2.32. The van der Waals surface area contributed by atoms with E-state index in [1.807, 2.05) is 0 Å². The smallest absolute Gasteiger partial charge is 0.365 e. The predicted molar refractivity (Wildman–Crippen MR) is 43.8 cm³/mol. The lowest BCUT2D eigenvalue weighted by atomic mass is 10.2. The summed E-state index contributed by atoms with van der Waals surface area (Å²) in [7, 11) is 0. The molecule has 0 atom stereocenters. The highest BCUT2D eigenvalue weighted by molar-refractivity contribution is 6.14. The molecular formula is C9H3NO4. The van der Waals surface area contributed by atoms with E-state index in [0.29, 0.717) is 11.1 Å². The number of carbonyl (C=O) groups excluding carboxylic acids is 2. The van der Waals surface area contributed by atoms with Crippen LogP contribution in [-0.2, 0) is 4.74 Å². The van der Waals surface area contributed by atoms with Gasteiger partial charge in [-0.15, -0.1) is 0 Å². The van der Waals surface area contributed by atoms with Gasteiger partial charge >= 0.3 is 11.9 Å². The quantitative estimate of drug-likeness (QED) is 0.459. The van der Waals surface area contributed by atoms with Crippen LogP contribution in [0.4, 0.5) is 0 Å². The third-order valence-electron chi connectivity index (χ3n) is 2.04. The van der Waals surface area contributed by atoms with Crippen LogP contribution in [0.2, 0.25) is 0 Å². The Balaban J connectivity index is 2.43. The van der Waals surface area contributed by atoms with E-state index in [4.69, 9.17) is 4.42 Å². The van der Waals surface area contributed by atoms with Crippen LogP contribution in [0, 0.1) is 0 Å². The number of pyridine rings is 1. The monoisotopic (exact) mass is 189 g/mol. The molecule has 0 bridgehead atoms. The molecule has 0 amide bonds. The molecular weight excluding hydrogens is 186 g/mol. The normalized spacial score (nSPS) is 14.6. The van der Waals surface area contributed by atoms with Crippen LogP contribution >= 0.6 is 0 Å². The Kier molecular flexibility index (Phi) is 1.14. The van der Waals surface area contributed by atoms with Gasteiger partial charge in [0.25, 0.3) is 0 Å². The fourth-order valence-corrected chi connectivity index (χ4v) is 1.40. The Morgan fingerprint density at radius 2 is 2.07 bits per heavy atom. The highest BCUT2D eigenvalue weighted by Crippen LogP contribution is 2.23. The fourth-order valence-electron chi connectivity index (χ4n) is 1.40. The van der Waals surface area contributed by atoms with Gasteiger partial charge < -0.3 is 9.15 Å². The molecule has 14 heavy (non-hydrogen) atoms. The van der Waals surface area contributed by atoms with Gasteiger partial charge in [-0.25, -0.2) is 14.6 Å². The molecule has 0 fully saturated rings. The first-order valence-corrected chi connectivity index (χ1v) is 3.90. The summed E-state index contributed by atoms with van der Waals surface area (Å²) < 4.78 is 9.39. The van der Waals surface area contributed by atoms with Gasteiger partial charge in [0.1, 0.15) is 0 Å². The average Bonchev–Trinajstić information content (AvgIpc) is 2.70. The zero-order valence-electron chi connectivity index (χ0n) is 6.81. The summed E-state index contributed by atoms with van der Waals surface area (Å²) in [6.45, 7) is 0. The lowest BCUT2D eigenvalue weighted by molar-refractivity contribution is 0.0441. The first-order chi connectivity index (χ1) is 6.75. The second-order valence-electron chi connectivity index (χ2n) is 2.88. The van der Waals surface area contributed by atoms with E-state index in [0.717, 1.165) is 0 Å². The summed E-state index contributed by atoms with van der Waals surface area (Å²) in [5.74, 6) is -1.37. The van der Waals surface area contributed by atoms with Gasteiger partial charge in [-0.05, 0) is 12.1 Å². The minimum Gasteiger partial charge on any atom is -0.446 e. The third-order valence-corrected chi connectivity index (χ3v) is 2.04. The predicted octanol–water partition coefficient (Wildman–Crippen LogP) is 1.14. The van der Waals surface area contributed by atoms with Gasteiger partial charge in [0.05, 0.1) is 11.8 Å². The molecule has 0 saturated heterocycles. The number of cyclic esters (lactones) is 2. The van der Waals surface area contributed by atoms with Gasteiger partial charge in [-0.1, -0.05) is 0 Å². The number of hydrogen-bond acceptors (Lipinski definition) is 5. The maximum atomic E-state index is 11.1. The van der Waals surface area contributed by atoms with Crippen molar-refractivity contribution in [1.82, 2.24) is 4.98 Å². The van der Waals surface area contributed by atoms with Crippen molar-refractivity contribution in [3.8, 4) is 0 Å². The molecule has 0 saturated carbocycles. The second-order valence-corrected chi connectivity index (χ2v) is 2.88. The van der Waals surface area contributed by atoms with Crippen LogP contribution in [0.15, 0.2) is 22.8 Å². The van der Waals surface area contributed by atoms with Crippen molar-refractivity contribution in [2.75, 3.05) is 0 Å². The molecule has 5 heteroatoms. The van der Waals surface area contributed by atoms with Crippen molar-refractivity contribution in [2.24, 2.45) is 0 Å². The van der Waals surface area contributed by atoms with Gasteiger partial charge in [0.15, 0.2) is 5.69 Å². The summed E-state index contributed by atoms with van der Waals surface area (Å²) in [5.41, 5.74) is 0.553. The molecule has 68 valence electrons. The van der Waals surface area contributed by atoms with Crippen molar-refractivity contribution in [3.63, 3.8) is 0 Å². The molecule has 0 N–H and O–H groups in total. The van der Waals surface area contributed by atoms with E-state index < -0.39 is 11.9 Å². The molecule has 0 spiro atoms. The zero-order valence-corrected chi connectivity index (χ0v) is 6.81. The molecule has 3 rings (SSSR count). The SMILES string of the molecule is O=C1OC(=O)c2nc3occc3cc21. The molecule has 2 aromatic rings. The Bertz CT molecular complexity index is 521. The van der Waals surface area contributed by atoms with Crippen molar-refractivity contribution >= 4 is 23.0 Å². The van der Waals surface area contributed by atoms with Crippen molar-refractivity contribution < 1.29 is 18.7 Å². The highest BCUT2D eigenvalue weighted by atomic mass is 16.6. The first-order valence-electron chi connectivity index (χ1n) is 3.90. The number of aromatic nitrogens is 1. The fraction of sp³-hybridized carbons (Fsp3) is 0. The Morgan fingerprint density at radius 3 is 2.93 bits per heavy atom. The number of fused-ring (bicyclic) bond motifs is 2. The van der Waals surface area contributed by atoms with E-state index >= 15 is 0 Å². The Morgan fingerprint density at radius 1 is 1.21 bits per heavy atom. The van der Waals surface area contributed by atoms with Gasteiger partial charge in [-0.3, -0.25) is 0 Å². The van der Waals surface area contributed by atoms with E-state index in [2.05, 4.69) is 9.72 Å². The van der Waals surface area contributed by atoms with E-state index in [1.54, 1.807) is 6.07 Å². The van der Waals surface area contributed by atoms with E-state index in [1.165, 1.54) is 12.3 Å². The maximum absolute atomic E-state index is 11.1. The van der Waals surface area contributed by atoms with Gasteiger partial charge in [-0.2, -0.15) is 0 Å². The number of esters is 2. The third kappa shape index (κ3) is 0.756. The molecule has 0 aliphatic carbocycles. The number of ether oxygens (including phenoxy) is 1. The minimum atomic E-state index is -0.719. The molecule has 0 aromatic carbocycles. The van der Waals surface area contributed by atoms with Gasteiger partial charge in [0.2, 0.25) is 5.71 Å². The number of furan rings is 1. The van der Waals surface area contributed by atoms with E-state index in [-0.39, 0.29) is 11.3 Å². The second kappa shape index (κ2) is 2.20. The number of carbonyl (C=O) groups is 2. The van der Waals surface area contributed by atoms with Crippen molar-refractivity contribution in [3.05, 3.63) is 29.7 Å². The maximum Gasteiger partial charge on any atom is 0.365 e. The topological polar surface area (TPSA) is 69.4 Å². The average molecular weight is 189 g/mol. The Labute approximate surface area is 77.3 Å². The molecule has 0 unspecified atom stereocenters. The largest absolute Gasteiger partial charge is 0.446 e. The molecule has 0 radical (unpaired) electrons. The summed E-state index contributed by atoms with van der Waals surface area (Å²) >= 11 is 0. The molecule has 5 nitrogen and oxygen atoms in total. The summed E-state index contributed by atoms with van der Waals surface area (Å²) in [4.78, 5) is 26.1. The molecule has 3 heterocycles. The zero-order chi connectivity index (χ0) is 9.71. The van der Waals surface area contributed by atoms with Crippen LogP contribution in [0.5, 0.6) is 0 Å².